The fourth-order valence-corrected chi connectivity index (χ4v) is 2.28. The molecule has 0 aliphatic rings. The van der Waals surface area contributed by atoms with Crippen molar-refractivity contribution in [1.82, 2.24) is 4.90 Å². The highest BCUT2D eigenvalue weighted by molar-refractivity contribution is 6.06. The third-order valence-corrected chi connectivity index (χ3v) is 3.63. The van der Waals surface area contributed by atoms with Crippen molar-refractivity contribution in [3.05, 3.63) is 82.0 Å². The standard InChI is InChI=1S/C19H18N4O3/c1-2-22(13-15-7-4-3-5-8-15)14-16(12-20)19(24)21-17-9-6-10-18(11-17)23(25)26/h3-11,14H,2,13H2,1H3,(H,21,24)/b16-14-. The summed E-state index contributed by atoms with van der Waals surface area (Å²) in [4.78, 5) is 24.4. The summed E-state index contributed by atoms with van der Waals surface area (Å²) in [5.41, 5.74) is 1.11. The number of hydrogen-bond acceptors (Lipinski definition) is 5. The van der Waals surface area contributed by atoms with Gasteiger partial charge >= 0.3 is 0 Å². The van der Waals surface area contributed by atoms with Crippen LogP contribution in [0.3, 0.4) is 0 Å². The molecule has 0 fully saturated rings. The first-order valence-corrected chi connectivity index (χ1v) is 7.99. The van der Waals surface area contributed by atoms with Gasteiger partial charge in [-0.2, -0.15) is 5.26 Å². The summed E-state index contributed by atoms with van der Waals surface area (Å²) in [6.45, 7) is 3.10. The second-order valence-electron chi connectivity index (χ2n) is 5.46. The van der Waals surface area contributed by atoms with Gasteiger partial charge in [0.2, 0.25) is 0 Å². The van der Waals surface area contributed by atoms with Crippen molar-refractivity contribution >= 4 is 17.3 Å². The second-order valence-corrected chi connectivity index (χ2v) is 5.46. The minimum atomic E-state index is -0.612. The molecule has 0 heterocycles. The van der Waals surface area contributed by atoms with Gasteiger partial charge in [-0.05, 0) is 18.6 Å². The van der Waals surface area contributed by atoms with Crippen LogP contribution in [0.4, 0.5) is 11.4 Å². The number of carbonyl (C=O) groups excluding carboxylic acids is 1. The maximum Gasteiger partial charge on any atom is 0.271 e. The van der Waals surface area contributed by atoms with Crippen LogP contribution in [0, 0.1) is 21.4 Å². The lowest BCUT2D eigenvalue weighted by Gasteiger charge is -2.19. The van der Waals surface area contributed by atoms with Crippen LogP contribution in [-0.4, -0.2) is 22.3 Å². The van der Waals surface area contributed by atoms with E-state index in [4.69, 9.17) is 0 Å². The summed E-state index contributed by atoms with van der Waals surface area (Å²) in [7, 11) is 0. The van der Waals surface area contributed by atoms with E-state index >= 15 is 0 Å². The first-order chi connectivity index (χ1) is 12.5. The van der Waals surface area contributed by atoms with E-state index in [1.807, 2.05) is 48.2 Å². The molecular weight excluding hydrogens is 332 g/mol. The zero-order chi connectivity index (χ0) is 18.9. The SMILES string of the molecule is CCN(/C=C(/C#N)C(=O)Nc1cccc([N+](=O)[O-])c1)Cc1ccccc1. The predicted octanol–water partition coefficient (Wildman–Crippen LogP) is 3.46. The Morgan fingerprint density at radius 2 is 2.00 bits per heavy atom. The van der Waals surface area contributed by atoms with Crippen molar-refractivity contribution in [3.8, 4) is 6.07 Å². The quantitative estimate of drug-likeness (QED) is 0.357. The van der Waals surface area contributed by atoms with E-state index in [9.17, 15) is 20.2 Å². The van der Waals surface area contributed by atoms with E-state index in [1.54, 1.807) is 0 Å². The van der Waals surface area contributed by atoms with Gasteiger partial charge < -0.3 is 10.2 Å². The van der Waals surface area contributed by atoms with Gasteiger partial charge in [0.25, 0.3) is 11.6 Å². The zero-order valence-electron chi connectivity index (χ0n) is 14.3. The number of anilines is 1. The van der Waals surface area contributed by atoms with E-state index in [1.165, 1.54) is 30.5 Å². The van der Waals surface area contributed by atoms with E-state index in [2.05, 4.69) is 5.32 Å². The van der Waals surface area contributed by atoms with Gasteiger partial charge in [-0.3, -0.25) is 14.9 Å². The Labute approximate surface area is 151 Å². The van der Waals surface area contributed by atoms with Crippen molar-refractivity contribution < 1.29 is 9.72 Å². The van der Waals surface area contributed by atoms with Crippen LogP contribution >= 0.6 is 0 Å². The van der Waals surface area contributed by atoms with Crippen LogP contribution in [-0.2, 0) is 11.3 Å². The smallest absolute Gasteiger partial charge is 0.271 e. The first kappa shape index (κ1) is 18.7. The molecule has 0 bridgehead atoms. The number of nitro benzene ring substituents is 1. The summed E-state index contributed by atoms with van der Waals surface area (Å²) in [6.07, 6.45) is 1.50. The monoisotopic (exact) mass is 350 g/mol. The molecule has 2 rings (SSSR count). The molecule has 0 saturated heterocycles. The Balaban J connectivity index is 2.14. The Kier molecular flexibility index (Phi) is 6.46. The van der Waals surface area contributed by atoms with Crippen LogP contribution < -0.4 is 5.32 Å². The van der Waals surface area contributed by atoms with Crippen molar-refractivity contribution in [2.75, 3.05) is 11.9 Å². The van der Waals surface area contributed by atoms with Gasteiger partial charge in [0, 0.05) is 37.1 Å². The van der Waals surface area contributed by atoms with Gasteiger partial charge in [-0.1, -0.05) is 36.4 Å². The molecule has 0 spiro atoms. The molecule has 26 heavy (non-hydrogen) atoms. The molecule has 1 N–H and O–H groups in total. The number of nitrogens with zero attached hydrogens (tertiary/aromatic N) is 3. The summed E-state index contributed by atoms with van der Waals surface area (Å²) < 4.78 is 0. The normalized spacial score (nSPS) is 10.7. The molecule has 2 aromatic rings. The first-order valence-electron chi connectivity index (χ1n) is 7.99. The fourth-order valence-electron chi connectivity index (χ4n) is 2.28. The van der Waals surface area contributed by atoms with Crippen LogP contribution in [0.15, 0.2) is 66.4 Å². The molecule has 132 valence electrons. The van der Waals surface area contributed by atoms with E-state index in [0.29, 0.717) is 13.1 Å². The number of carbonyl (C=O) groups is 1. The number of amides is 1. The van der Waals surface area contributed by atoms with Crippen LogP contribution in [0.2, 0.25) is 0 Å². The largest absolute Gasteiger partial charge is 0.372 e. The minimum Gasteiger partial charge on any atom is -0.372 e. The average molecular weight is 350 g/mol. The van der Waals surface area contributed by atoms with Crippen molar-refractivity contribution in [1.29, 1.82) is 5.26 Å². The third-order valence-electron chi connectivity index (χ3n) is 3.63. The van der Waals surface area contributed by atoms with E-state index in [-0.39, 0.29) is 16.9 Å². The number of nitro groups is 1. The van der Waals surface area contributed by atoms with Gasteiger partial charge in [-0.15, -0.1) is 0 Å². The molecule has 7 nitrogen and oxygen atoms in total. The number of non-ortho nitro benzene ring substituents is 1. The molecule has 1 amide bonds. The lowest BCUT2D eigenvalue weighted by molar-refractivity contribution is -0.384. The molecule has 0 aliphatic carbocycles. The predicted molar refractivity (Wildman–Crippen MR) is 97.9 cm³/mol. The van der Waals surface area contributed by atoms with E-state index < -0.39 is 10.8 Å². The number of rotatable bonds is 7. The molecule has 0 atom stereocenters. The fraction of sp³-hybridized carbons (Fsp3) is 0.158. The van der Waals surface area contributed by atoms with Gasteiger partial charge in [0.15, 0.2) is 0 Å². The molecule has 0 saturated carbocycles. The van der Waals surface area contributed by atoms with Gasteiger partial charge in [0.1, 0.15) is 11.6 Å². The Morgan fingerprint density at radius 3 is 2.62 bits per heavy atom. The molecule has 7 heteroatoms. The number of nitriles is 1. The highest BCUT2D eigenvalue weighted by Gasteiger charge is 2.13. The van der Waals surface area contributed by atoms with Crippen LogP contribution in [0.5, 0.6) is 0 Å². The van der Waals surface area contributed by atoms with Gasteiger partial charge in [-0.25, -0.2) is 0 Å². The summed E-state index contributed by atoms with van der Waals surface area (Å²) >= 11 is 0. The van der Waals surface area contributed by atoms with Gasteiger partial charge in [0.05, 0.1) is 4.92 Å². The maximum atomic E-state index is 12.3. The highest BCUT2D eigenvalue weighted by Crippen LogP contribution is 2.18. The van der Waals surface area contributed by atoms with Crippen molar-refractivity contribution in [2.24, 2.45) is 0 Å². The second kappa shape index (κ2) is 8.99. The third kappa shape index (κ3) is 5.18. The summed E-state index contributed by atoms with van der Waals surface area (Å²) in [6, 6.07) is 17.2. The topological polar surface area (TPSA) is 99.3 Å². The molecule has 0 unspecified atom stereocenters. The average Bonchev–Trinajstić information content (AvgIpc) is 2.65. The van der Waals surface area contributed by atoms with E-state index in [0.717, 1.165) is 5.56 Å². The van der Waals surface area contributed by atoms with Crippen molar-refractivity contribution in [3.63, 3.8) is 0 Å². The number of hydrogen-bond donors (Lipinski definition) is 1. The lowest BCUT2D eigenvalue weighted by Crippen LogP contribution is -2.21. The Hall–Kier alpha value is -3.66. The minimum absolute atomic E-state index is 0.0747. The number of benzene rings is 2. The highest BCUT2D eigenvalue weighted by atomic mass is 16.6. The summed E-state index contributed by atoms with van der Waals surface area (Å²) in [5, 5.41) is 22.6. The molecule has 0 aliphatic heterocycles. The van der Waals surface area contributed by atoms with Crippen molar-refractivity contribution in [2.45, 2.75) is 13.5 Å². The van der Waals surface area contributed by atoms with Crippen LogP contribution in [0.1, 0.15) is 12.5 Å². The molecular formula is C19H18N4O3. The number of nitrogens with one attached hydrogen (secondary N) is 1. The summed E-state index contributed by atoms with van der Waals surface area (Å²) in [5.74, 6) is -0.612. The zero-order valence-corrected chi connectivity index (χ0v) is 14.3. The molecule has 0 aromatic heterocycles. The van der Waals surface area contributed by atoms with Crippen LogP contribution in [0.25, 0.3) is 0 Å². The Bertz CT molecular complexity index is 857. The maximum absolute atomic E-state index is 12.3. The Morgan fingerprint density at radius 1 is 1.27 bits per heavy atom. The molecule has 2 aromatic carbocycles. The molecule has 0 radical (unpaired) electrons. The lowest BCUT2D eigenvalue weighted by atomic mass is 10.2.